The van der Waals surface area contributed by atoms with E-state index in [-0.39, 0.29) is 4.90 Å². The molecule has 0 aliphatic rings. The highest BCUT2D eigenvalue weighted by atomic mass is 32.2. The van der Waals surface area contributed by atoms with E-state index in [1.54, 1.807) is 18.2 Å². The minimum Gasteiger partial charge on any atom is -0.282 e. The predicted molar refractivity (Wildman–Crippen MR) is 110 cm³/mol. The van der Waals surface area contributed by atoms with Crippen LogP contribution in [0.15, 0.2) is 84.3 Å². The first kappa shape index (κ1) is 18.5. The van der Waals surface area contributed by atoms with Gasteiger partial charge in [0.1, 0.15) is 0 Å². The molecule has 0 aliphatic carbocycles. The zero-order valence-electron chi connectivity index (χ0n) is 14.3. The van der Waals surface area contributed by atoms with Gasteiger partial charge in [-0.2, -0.15) is 8.42 Å². The van der Waals surface area contributed by atoms with Crippen molar-refractivity contribution in [3.8, 4) is 0 Å². The number of rotatable bonds is 5. The molecule has 0 heterocycles. The molecule has 3 nitrogen and oxygen atoms in total. The molecular formula is C21H19O3PS. The Bertz CT molecular complexity index is 1010. The normalized spacial score (nSPS) is 12.5. The van der Waals surface area contributed by atoms with Gasteiger partial charge in [-0.3, -0.25) is 4.55 Å². The predicted octanol–water partition coefficient (Wildman–Crippen LogP) is 3.64. The van der Waals surface area contributed by atoms with Gasteiger partial charge in [-0.25, -0.2) is 0 Å². The van der Waals surface area contributed by atoms with Crippen LogP contribution in [0, 0.1) is 6.92 Å². The van der Waals surface area contributed by atoms with Gasteiger partial charge in [-0.15, -0.1) is 0 Å². The molecule has 0 spiro atoms. The summed E-state index contributed by atoms with van der Waals surface area (Å²) in [6, 6.07) is 23.0. The molecule has 0 aromatic heterocycles. The smallest absolute Gasteiger partial charge is 0.282 e. The maximum Gasteiger partial charge on any atom is 0.294 e. The molecule has 132 valence electrons. The summed E-state index contributed by atoms with van der Waals surface area (Å²) in [5, 5.41) is 3.35. The van der Waals surface area contributed by atoms with E-state index >= 15 is 0 Å². The van der Waals surface area contributed by atoms with Crippen LogP contribution < -0.4 is 15.9 Å². The number of hydrogen-bond donors (Lipinski definition) is 1. The summed E-state index contributed by atoms with van der Waals surface area (Å²) in [7, 11) is -5.03. The quantitative estimate of drug-likeness (QED) is 0.541. The number of hydrogen-bond acceptors (Lipinski definition) is 2. The van der Waals surface area contributed by atoms with Crippen molar-refractivity contribution in [3.63, 3.8) is 0 Å². The molecule has 0 saturated heterocycles. The van der Waals surface area contributed by atoms with Crippen LogP contribution in [0.2, 0.25) is 0 Å². The van der Waals surface area contributed by atoms with Crippen molar-refractivity contribution in [2.75, 3.05) is 0 Å². The summed E-state index contributed by atoms with van der Waals surface area (Å²) in [5.74, 6) is 0. The van der Waals surface area contributed by atoms with Crippen molar-refractivity contribution in [2.45, 2.75) is 11.8 Å². The fraction of sp³-hybridized carbons (Fsp3) is 0.0476. The summed E-state index contributed by atoms with van der Waals surface area (Å²) in [6.45, 7) is 5.84. The monoisotopic (exact) mass is 382 g/mol. The summed E-state index contributed by atoms with van der Waals surface area (Å²) < 4.78 is 31.8. The SMILES string of the molecule is C=Cc1ccc(P(c2ccc(C)cc2)c2ccc(S(=O)(=O)O)cc2)cc1. The van der Waals surface area contributed by atoms with Gasteiger partial charge < -0.3 is 0 Å². The molecule has 3 aromatic rings. The first-order valence-corrected chi connectivity index (χ1v) is 10.8. The second-order valence-corrected chi connectivity index (χ2v) is 9.58. The molecule has 0 amide bonds. The van der Waals surface area contributed by atoms with E-state index in [9.17, 15) is 13.0 Å². The summed E-state index contributed by atoms with van der Waals surface area (Å²) in [6.07, 6.45) is 1.80. The topological polar surface area (TPSA) is 54.4 Å². The third-order valence-electron chi connectivity index (χ3n) is 4.07. The Morgan fingerprint density at radius 3 is 1.65 bits per heavy atom. The highest BCUT2D eigenvalue weighted by Crippen LogP contribution is 2.33. The van der Waals surface area contributed by atoms with E-state index in [1.165, 1.54) is 23.0 Å². The molecule has 3 aromatic carbocycles. The van der Waals surface area contributed by atoms with E-state index in [0.29, 0.717) is 0 Å². The van der Waals surface area contributed by atoms with Gasteiger partial charge in [-0.1, -0.05) is 78.9 Å². The molecule has 0 saturated carbocycles. The molecule has 26 heavy (non-hydrogen) atoms. The third kappa shape index (κ3) is 4.10. The standard InChI is InChI=1S/C21H19O3PS/c1-3-17-6-10-19(11-7-17)25(18-8-4-16(2)5-9-18)20-12-14-21(15-13-20)26(22,23)24/h3-15H,1H2,2H3,(H,22,23,24). The second kappa shape index (κ2) is 7.55. The Labute approximate surface area is 155 Å². The molecule has 1 unspecified atom stereocenters. The molecule has 3 rings (SSSR count). The average molecular weight is 382 g/mol. The van der Waals surface area contributed by atoms with E-state index in [2.05, 4.69) is 43.0 Å². The van der Waals surface area contributed by atoms with Crippen LogP contribution >= 0.6 is 7.92 Å². The lowest BCUT2D eigenvalue weighted by Gasteiger charge is -2.20. The second-order valence-electron chi connectivity index (χ2n) is 5.94. The van der Waals surface area contributed by atoms with Crippen LogP contribution in [0.5, 0.6) is 0 Å². The first-order chi connectivity index (χ1) is 12.4. The Kier molecular flexibility index (Phi) is 5.38. The van der Waals surface area contributed by atoms with Crippen molar-refractivity contribution >= 4 is 40.0 Å². The van der Waals surface area contributed by atoms with Crippen LogP contribution in [0.25, 0.3) is 6.08 Å². The van der Waals surface area contributed by atoms with E-state index < -0.39 is 18.0 Å². The van der Waals surface area contributed by atoms with Gasteiger partial charge in [-0.05, 0) is 48.5 Å². The Morgan fingerprint density at radius 2 is 1.23 bits per heavy atom. The van der Waals surface area contributed by atoms with Gasteiger partial charge in [0, 0.05) is 0 Å². The van der Waals surface area contributed by atoms with E-state index in [4.69, 9.17) is 0 Å². The Balaban J connectivity index is 2.10. The molecule has 0 radical (unpaired) electrons. The van der Waals surface area contributed by atoms with Gasteiger partial charge >= 0.3 is 0 Å². The van der Waals surface area contributed by atoms with Gasteiger partial charge in [0.05, 0.1) is 4.90 Å². The lowest BCUT2D eigenvalue weighted by atomic mass is 10.2. The lowest BCUT2D eigenvalue weighted by molar-refractivity contribution is 0.483. The van der Waals surface area contributed by atoms with E-state index in [1.807, 2.05) is 19.1 Å². The van der Waals surface area contributed by atoms with Crippen LogP contribution in [-0.2, 0) is 10.1 Å². The maximum absolute atomic E-state index is 11.3. The maximum atomic E-state index is 11.3. The van der Waals surface area contributed by atoms with Crippen molar-refractivity contribution in [3.05, 3.63) is 90.5 Å². The van der Waals surface area contributed by atoms with Gasteiger partial charge in [0.25, 0.3) is 10.1 Å². The molecule has 0 aliphatic heterocycles. The Morgan fingerprint density at radius 1 is 0.808 bits per heavy atom. The van der Waals surface area contributed by atoms with E-state index in [0.717, 1.165) is 16.2 Å². The summed E-state index contributed by atoms with van der Waals surface area (Å²) in [4.78, 5) is -0.0953. The zero-order chi connectivity index (χ0) is 18.7. The molecule has 5 heteroatoms. The lowest BCUT2D eigenvalue weighted by Crippen LogP contribution is -2.21. The van der Waals surface area contributed by atoms with Gasteiger partial charge in [0.15, 0.2) is 0 Å². The average Bonchev–Trinajstić information content (AvgIpc) is 2.64. The Hall–Kier alpha value is -2.26. The molecule has 1 N–H and O–H groups in total. The molecule has 0 fully saturated rings. The third-order valence-corrected chi connectivity index (χ3v) is 7.38. The van der Waals surface area contributed by atoms with Crippen LogP contribution in [-0.4, -0.2) is 13.0 Å². The summed E-state index contributed by atoms with van der Waals surface area (Å²) in [5.41, 5.74) is 2.24. The van der Waals surface area contributed by atoms with Crippen LogP contribution in [0.3, 0.4) is 0 Å². The van der Waals surface area contributed by atoms with Crippen molar-refractivity contribution in [1.29, 1.82) is 0 Å². The van der Waals surface area contributed by atoms with Crippen molar-refractivity contribution in [2.24, 2.45) is 0 Å². The van der Waals surface area contributed by atoms with Gasteiger partial charge in [0.2, 0.25) is 0 Å². The highest BCUT2D eigenvalue weighted by Gasteiger charge is 2.18. The largest absolute Gasteiger partial charge is 0.294 e. The van der Waals surface area contributed by atoms with Crippen molar-refractivity contribution in [1.82, 2.24) is 0 Å². The van der Waals surface area contributed by atoms with Crippen LogP contribution in [0.4, 0.5) is 0 Å². The highest BCUT2D eigenvalue weighted by molar-refractivity contribution is 7.85. The first-order valence-electron chi connectivity index (χ1n) is 8.05. The van der Waals surface area contributed by atoms with Crippen molar-refractivity contribution < 1.29 is 13.0 Å². The fourth-order valence-corrected chi connectivity index (χ4v) is 5.38. The molecular weight excluding hydrogens is 363 g/mol. The molecule has 0 bridgehead atoms. The van der Waals surface area contributed by atoms with Crippen LogP contribution in [0.1, 0.15) is 11.1 Å². The zero-order valence-corrected chi connectivity index (χ0v) is 16.0. The summed E-state index contributed by atoms with van der Waals surface area (Å²) >= 11 is 0. The molecule has 1 atom stereocenters. The number of aryl methyl sites for hydroxylation is 1. The fourth-order valence-electron chi connectivity index (χ4n) is 2.67. The number of benzene rings is 3. The minimum absolute atomic E-state index is 0.0953. The minimum atomic E-state index is -4.19.